The van der Waals surface area contributed by atoms with Crippen LogP contribution in [0.15, 0.2) is 22.2 Å². The molecule has 1 saturated heterocycles. The fourth-order valence-electron chi connectivity index (χ4n) is 2.55. The van der Waals surface area contributed by atoms with Crippen LogP contribution in [0.3, 0.4) is 0 Å². The van der Waals surface area contributed by atoms with E-state index in [-0.39, 0.29) is 5.82 Å². The first-order chi connectivity index (χ1) is 13.1. The third-order valence-electron chi connectivity index (χ3n) is 3.93. The lowest BCUT2D eigenvalue weighted by atomic mass is 10.1. The predicted octanol–water partition coefficient (Wildman–Crippen LogP) is -1.79. The van der Waals surface area contributed by atoms with Crippen molar-refractivity contribution in [2.45, 2.75) is 36.7 Å². The van der Waals surface area contributed by atoms with Crippen molar-refractivity contribution in [3.05, 3.63) is 33.2 Å². The number of azide groups is 1. The minimum absolute atomic E-state index is 0.243. The number of carboxylic acid groups (broad SMARTS) is 1. The van der Waals surface area contributed by atoms with E-state index in [4.69, 9.17) is 21.1 Å². The molecule has 0 radical (unpaired) electrons. The number of rotatable bonds is 8. The second-order valence-electron chi connectivity index (χ2n) is 5.80. The summed E-state index contributed by atoms with van der Waals surface area (Å²) in [5.41, 5.74) is 10.0. The third kappa shape index (κ3) is 4.01. The molecule has 0 aliphatic carbocycles. The zero-order chi connectivity index (χ0) is 21.1. The largest absolute Gasteiger partial charge is 0.480 e. The van der Waals surface area contributed by atoms with Crippen LogP contribution in [0.2, 0.25) is 0 Å². The summed E-state index contributed by atoms with van der Waals surface area (Å²) in [4.78, 5) is 40.1. The molecule has 1 aromatic heterocycles. The fraction of sp³-hybridized carbons (Fsp3) is 0.538. The number of halogens is 1. The average molecular weight is 401 g/mol. The van der Waals surface area contributed by atoms with Crippen molar-refractivity contribution in [3.8, 4) is 0 Å². The number of nitrogens with two attached hydrogens (primary N) is 1. The standard InChI is InChI=1S/C13H16FN7O7/c14-8-9(24)13(4-22,19-20-16)28-10(8)21-2-1-7(18-12(21)27)17-5(11(25)26)3-6(15)23/h1-2,5,8-10,22,24H,3-4H2,(H2,15,23)(H,25,26)(H,17,18,27)/t5-,8-,9-,10+,13+/m0/s1. The maximum absolute atomic E-state index is 14.4. The Morgan fingerprint density at radius 3 is 2.79 bits per heavy atom. The number of aromatic nitrogens is 2. The van der Waals surface area contributed by atoms with E-state index in [1.54, 1.807) is 0 Å². The average Bonchev–Trinajstić information content (AvgIpc) is 2.87. The van der Waals surface area contributed by atoms with Crippen molar-refractivity contribution in [3.63, 3.8) is 0 Å². The van der Waals surface area contributed by atoms with Crippen LogP contribution in [0, 0.1) is 0 Å². The molecule has 152 valence electrons. The molecule has 1 aliphatic rings. The summed E-state index contributed by atoms with van der Waals surface area (Å²) < 4.78 is 20.1. The number of anilines is 1. The second-order valence-corrected chi connectivity index (χ2v) is 5.80. The zero-order valence-corrected chi connectivity index (χ0v) is 14.0. The fourth-order valence-corrected chi connectivity index (χ4v) is 2.55. The minimum atomic E-state index is -2.33. The Labute approximate surface area is 155 Å². The van der Waals surface area contributed by atoms with Crippen LogP contribution >= 0.6 is 0 Å². The lowest BCUT2D eigenvalue weighted by Crippen LogP contribution is -2.43. The van der Waals surface area contributed by atoms with Crippen molar-refractivity contribution in [1.82, 2.24) is 9.55 Å². The molecule has 1 amide bonds. The molecule has 0 saturated carbocycles. The van der Waals surface area contributed by atoms with E-state index < -0.39 is 60.9 Å². The predicted molar refractivity (Wildman–Crippen MR) is 87.3 cm³/mol. The van der Waals surface area contributed by atoms with Crippen LogP contribution in [-0.2, 0) is 14.3 Å². The third-order valence-corrected chi connectivity index (χ3v) is 3.93. The van der Waals surface area contributed by atoms with Crippen LogP contribution < -0.4 is 16.7 Å². The van der Waals surface area contributed by atoms with E-state index >= 15 is 0 Å². The molecule has 1 aromatic rings. The molecule has 28 heavy (non-hydrogen) atoms. The van der Waals surface area contributed by atoms with Gasteiger partial charge in [0.25, 0.3) is 0 Å². The number of alkyl halides is 1. The number of nitrogens with zero attached hydrogens (tertiary/aromatic N) is 5. The highest BCUT2D eigenvalue weighted by atomic mass is 19.1. The molecular formula is C13H16FN7O7. The number of aliphatic hydroxyl groups is 2. The Morgan fingerprint density at radius 1 is 1.61 bits per heavy atom. The number of primary amides is 1. The molecule has 5 atom stereocenters. The van der Waals surface area contributed by atoms with Gasteiger partial charge < -0.3 is 31.1 Å². The number of aliphatic carboxylic acids is 1. The molecule has 14 nitrogen and oxygen atoms in total. The van der Waals surface area contributed by atoms with Gasteiger partial charge in [-0.2, -0.15) is 4.98 Å². The van der Waals surface area contributed by atoms with Gasteiger partial charge in [0.05, 0.1) is 13.0 Å². The summed E-state index contributed by atoms with van der Waals surface area (Å²) in [7, 11) is 0. The number of hydrogen-bond acceptors (Lipinski definition) is 9. The molecule has 2 rings (SSSR count). The van der Waals surface area contributed by atoms with Gasteiger partial charge in [-0.25, -0.2) is 14.0 Å². The number of carbonyl (C=O) groups is 2. The number of amides is 1. The van der Waals surface area contributed by atoms with E-state index in [9.17, 15) is 29.0 Å². The number of carboxylic acids is 1. The van der Waals surface area contributed by atoms with Gasteiger partial charge in [0.2, 0.25) is 11.6 Å². The summed E-state index contributed by atoms with van der Waals surface area (Å²) in [6.45, 7) is -1.05. The molecule has 0 aromatic carbocycles. The van der Waals surface area contributed by atoms with Crippen molar-refractivity contribution in [2.24, 2.45) is 10.8 Å². The van der Waals surface area contributed by atoms with Crippen molar-refractivity contribution >= 4 is 17.7 Å². The molecule has 0 unspecified atom stereocenters. The van der Waals surface area contributed by atoms with Gasteiger partial charge >= 0.3 is 11.7 Å². The van der Waals surface area contributed by atoms with Crippen molar-refractivity contribution < 1.29 is 34.0 Å². The molecule has 2 heterocycles. The Bertz CT molecular complexity index is 873. The monoisotopic (exact) mass is 401 g/mol. The SMILES string of the molecule is [N-]=[N+]=N[C@]1(CO)O[C@@H](n2ccc(N[C@@H](CC(N)=O)C(=O)O)nc2=O)[C@@H](F)[C@@H]1O. The van der Waals surface area contributed by atoms with Gasteiger partial charge in [-0.1, -0.05) is 5.11 Å². The molecule has 1 aliphatic heterocycles. The Kier molecular flexibility index (Phi) is 6.15. The van der Waals surface area contributed by atoms with Gasteiger partial charge in [-0.05, 0) is 11.6 Å². The smallest absolute Gasteiger partial charge is 0.351 e. The maximum Gasteiger partial charge on any atom is 0.351 e. The lowest BCUT2D eigenvalue weighted by Gasteiger charge is -2.23. The Hall–Kier alpha value is -3.26. The van der Waals surface area contributed by atoms with Crippen LogP contribution in [0.4, 0.5) is 10.2 Å². The Balaban J connectivity index is 2.29. The highest BCUT2D eigenvalue weighted by Gasteiger charge is 2.56. The molecule has 0 spiro atoms. The number of ether oxygens (including phenoxy) is 1. The van der Waals surface area contributed by atoms with Gasteiger partial charge in [0.15, 0.2) is 12.4 Å². The van der Waals surface area contributed by atoms with Gasteiger partial charge in [-0.15, -0.1) is 0 Å². The lowest BCUT2D eigenvalue weighted by molar-refractivity contribution is -0.139. The van der Waals surface area contributed by atoms with E-state index in [0.29, 0.717) is 4.57 Å². The second kappa shape index (κ2) is 8.18. The van der Waals surface area contributed by atoms with E-state index in [0.717, 1.165) is 12.3 Å². The topological polar surface area (TPSA) is 226 Å². The Morgan fingerprint density at radius 2 is 2.29 bits per heavy atom. The number of nitrogens with one attached hydrogen (secondary N) is 1. The van der Waals surface area contributed by atoms with Crippen LogP contribution in [0.1, 0.15) is 12.6 Å². The van der Waals surface area contributed by atoms with Crippen LogP contribution in [0.25, 0.3) is 10.4 Å². The number of carbonyl (C=O) groups excluding carboxylic acids is 1. The van der Waals surface area contributed by atoms with Gasteiger partial charge in [-0.3, -0.25) is 9.36 Å². The maximum atomic E-state index is 14.4. The van der Waals surface area contributed by atoms with E-state index in [1.807, 2.05) is 0 Å². The van der Waals surface area contributed by atoms with Gasteiger partial charge in [0.1, 0.15) is 18.0 Å². The summed E-state index contributed by atoms with van der Waals surface area (Å²) in [6, 6.07) is -0.362. The van der Waals surface area contributed by atoms with E-state index in [2.05, 4.69) is 20.3 Å². The summed E-state index contributed by atoms with van der Waals surface area (Å²) in [5, 5.41) is 33.6. The number of aliphatic hydroxyl groups excluding tert-OH is 2. The summed E-state index contributed by atoms with van der Waals surface area (Å²) in [6.07, 6.45) is -5.68. The van der Waals surface area contributed by atoms with Crippen LogP contribution in [0.5, 0.6) is 0 Å². The first kappa shape index (κ1) is 21.0. The highest BCUT2D eigenvalue weighted by Crippen LogP contribution is 2.39. The zero-order valence-electron chi connectivity index (χ0n) is 14.0. The molecule has 0 bridgehead atoms. The van der Waals surface area contributed by atoms with Crippen molar-refractivity contribution in [1.29, 1.82) is 0 Å². The molecule has 6 N–H and O–H groups in total. The minimum Gasteiger partial charge on any atom is -0.480 e. The molecule has 1 fully saturated rings. The highest BCUT2D eigenvalue weighted by molar-refractivity contribution is 5.85. The number of hydrogen-bond donors (Lipinski definition) is 5. The van der Waals surface area contributed by atoms with Crippen molar-refractivity contribution in [2.75, 3.05) is 11.9 Å². The first-order valence-corrected chi connectivity index (χ1v) is 7.69. The molecule has 15 heteroatoms. The van der Waals surface area contributed by atoms with Crippen LogP contribution in [-0.4, -0.2) is 67.4 Å². The molecular weight excluding hydrogens is 385 g/mol. The summed E-state index contributed by atoms with van der Waals surface area (Å²) in [5.74, 6) is -2.56. The quantitative estimate of drug-likeness (QED) is 0.188. The normalized spacial score (nSPS) is 27.6. The van der Waals surface area contributed by atoms with Gasteiger partial charge in [0, 0.05) is 11.1 Å². The summed E-state index contributed by atoms with van der Waals surface area (Å²) >= 11 is 0. The van der Waals surface area contributed by atoms with E-state index in [1.165, 1.54) is 0 Å². The first-order valence-electron chi connectivity index (χ1n) is 7.69.